The molecule has 0 unspecified atom stereocenters. The minimum atomic E-state index is -3.81. The van der Waals surface area contributed by atoms with E-state index in [9.17, 15) is 8.42 Å². The summed E-state index contributed by atoms with van der Waals surface area (Å²) in [7, 11) is -3.81. The molecule has 6 nitrogen and oxygen atoms in total. The molecule has 2 N–H and O–H groups in total. The molecule has 0 radical (unpaired) electrons. The zero-order valence-corrected chi connectivity index (χ0v) is 11.1. The molecule has 0 saturated heterocycles. The third-order valence-corrected chi connectivity index (χ3v) is 3.69. The molecule has 0 bridgehead atoms. The number of aromatic nitrogens is 2. The number of anilines is 1. The number of hydrogen-bond acceptors (Lipinski definition) is 5. The van der Waals surface area contributed by atoms with Crippen LogP contribution in [0.3, 0.4) is 0 Å². The molecule has 7 heteroatoms. The Labute approximate surface area is 116 Å². The Balaban J connectivity index is 2.40. The first-order chi connectivity index (χ1) is 9.63. The minimum Gasteiger partial charge on any atom is -0.384 e. The summed E-state index contributed by atoms with van der Waals surface area (Å²) in [6.45, 7) is -0.341. The molecule has 20 heavy (non-hydrogen) atoms. The van der Waals surface area contributed by atoms with E-state index in [1.165, 1.54) is 24.7 Å². The summed E-state index contributed by atoms with van der Waals surface area (Å²) in [5.41, 5.74) is 0.304. The Morgan fingerprint density at radius 3 is 2.75 bits per heavy atom. The molecular formula is C13H11N3O3S. The van der Waals surface area contributed by atoms with Gasteiger partial charge in [-0.3, -0.25) is 9.71 Å². The Morgan fingerprint density at radius 2 is 2.05 bits per heavy atom. The predicted octanol–water partition coefficient (Wildman–Crippen LogP) is 0.621. The topological polar surface area (TPSA) is 92.2 Å². The molecule has 2 rings (SSSR count). The fourth-order valence-corrected chi connectivity index (χ4v) is 2.64. The molecule has 1 aromatic heterocycles. The second-order valence-corrected chi connectivity index (χ2v) is 5.30. The summed E-state index contributed by atoms with van der Waals surface area (Å²) in [5, 5.41) is 8.70. The maximum Gasteiger partial charge on any atom is 0.264 e. The van der Waals surface area contributed by atoms with Crippen LogP contribution in [0.15, 0.2) is 47.8 Å². The van der Waals surface area contributed by atoms with Gasteiger partial charge in [-0.2, -0.15) is 0 Å². The molecule has 1 heterocycles. The van der Waals surface area contributed by atoms with Crippen molar-refractivity contribution in [2.45, 2.75) is 4.90 Å². The number of aliphatic hydroxyl groups excluding tert-OH is 1. The number of hydrogen-bond donors (Lipinski definition) is 2. The Kier molecular flexibility index (Phi) is 4.30. The summed E-state index contributed by atoms with van der Waals surface area (Å²) in [4.78, 5) is 7.66. The van der Waals surface area contributed by atoms with Crippen molar-refractivity contribution < 1.29 is 13.5 Å². The number of benzene rings is 1. The lowest BCUT2D eigenvalue weighted by Gasteiger charge is -2.08. The largest absolute Gasteiger partial charge is 0.384 e. The summed E-state index contributed by atoms with van der Waals surface area (Å²) in [6.07, 6.45) is 4.13. The second-order valence-electron chi connectivity index (χ2n) is 3.65. The number of nitrogens with zero attached hydrogens (tertiary/aromatic N) is 2. The van der Waals surface area contributed by atoms with Crippen molar-refractivity contribution in [1.29, 1.82) is 0 Å². The molecule has 0 aliphatic rings. The lowest BCUT2D eigenvalue weighted by Crippen LogP contribution is -2.15. The third-order valence-electron chi connectivity index (χ3n) is 2.28. The van der Waals surface area contributed by atoms with Crippen LogP contribution in [0.5, 0.6) is 0 Å². The maximum absolute atomic E-state index is 12.3. The molecular weight excluding hydrogens is 278 g/mol. The van der Waals surface area contributed by atoms with Gasteiger partial charge in [0, 0.05) is 18.0 Å². The van der Waals surface area contributed by atoms with E-state index in [2.05, 4.69) is 26.5 Å². The van der Waals surface area contributed by atoms with Gasteiger partial charge >= 0.3 is 0 Å². The number of nitrogens with one attached hydrogen (secondary N) is 1. The highest BCUT2D eigenvalue weighted by molar-refractivity contribution is 7.92. The van der Waals surface area contributed by atoms with Crippen LogP contribution in [0.25, 0.3) is 0 Å². The van der Waals surface area contributed by atoms with Crippen LogP contribution in [0, 0.1) is 11.8 Å². The van der Waals surface area contributed by atoms with Gasteiger partial charge in [0.2, 0.25) is 0 Å². The smallest absolute Gasteiger partial charge is 0.264 e. The minimum absolute atomic E-state index is 0.0200. The fourth-order valence-electron chi connectivity index (χ4n) is 1.48. The van der Waals surface area contributed by atoms with Gasteiger partial charge in [0.1, 0.15) is 11.5 Å². The molecule has 2 aromatic rings. The van der Waals surface area contributed by atoms with E-state index in [1.54, 1.807) is 18.2 Å². The second kappa shape index (κ2) is 6.14. The van der Waals surface area contributed by atoms with Crippen LogP contribution in [-0.4, -0.2) is 30.1 Å². The summed E-state index contributed by atoms with van der Waals surface area (Å²) in [5.74, 6) is 5.15. The van der Waals surface area contributed by atoms with Crippen molar-refractivity contribution in [2.75, 3.05) is 11.3 Å². The van der Waals surface area contributed by atoms with Crippen molar-refractivity contribution in [3.63, 3.8) is 0 Å². The fraction of sp³-hybridized carbons (Fsp3) is 0.0769. The van der Waals surface area contributed by atoms with Gasteiger partial charge in [-0.25, -0.2) is 13.4 Å². The van der Waals surface area contributed by atoms with Gasteiger partial charge in [-0.05, 0) is 12.1 Å². The van der Waals surface area contributed by atoms with Crippen LogP contribution >= 0.6 is 0 Å². The highest BCUT2D eigenvalue weighted by atomic mass is 32.2. The lowest BCUT2D eigenvalue weighted by molar-refractivity contribution is 0.350. The molecule has 102 valence electrons. The first-order valence-electron chi connectivity index (χ1n) is 5.61. The van der Waals surface area contributed by atoms with Gasteiger partial charge in [-0.1, -0.05) is 24.0 Å². The Bertz CT molecular complexity index is 749. The molecule has 0 atom stereocenters. The average Bonchev–Trinajstić information content (AvgIpc) is 2.46. The third kappa shape index (κ3) is 3.32. The average molecular weight is 289 g/mol. The van der Waals surface area contributed by atoms with Gasteiger partial charge in [0.25, 0.3) is 10.0 Å². The van der Waals surface area contributed by atoms with Crippen molar-refractivity contribution in [2.24, 2.45) is 0 Å². The van der Waals surface area contributed by atoms with Gasteiger partial charge in [0.15, 0.2) is 5.82 Å². The summed E-state index contributed by atoms with van der Waals surface area (Å²) in [6, 6.07) is 6.26. The van der Waals surface area contributed by atoms with E-state index in [-0.39, 0.29) is 17.3 Å². The zero-order valence-electron chi connectivity index (χ0n) is 10.3. The molecule has 1 aromatic carbocycles. The highest BCUT2D eigenvalue weighted by Crippen LogP contribution is 2.17. The van der Waals surface area contributed by atoms with Crippen LogP contribution in [0.2, 0.25) is 0 Å². The van der Waals surface area contributed by atoms with Crippen molar-refractivity contribution >= 4 is 15.8 Å². The van der Waals surface area contributed by atoms with E-state index < -0.39 is 10.0 Å². The van der Waals surface area contributed by atoms with Crippen LogP contribution in [0.4, 0.5) is 5.82 Å². The normalized spacial score (nSPS) is 10.4. The highest BCUT2D eigenvalue weighted by Gasteiger charge is 2.17. The summed E-state index contributed by atoms with van der Waals surface area (Å²) < 4.78 is 26.9. The first kappa shape index (κ1) is 14.0. The van der Waals surface area contributed by atoms with Gasteiger partial charge < -0.3 is 5.11 Å². The Hall–Kier alpha value is -2.43. The van der Waals surface area contributed by atoms with Crippen molar-refractivity contribution in [3.05, 3.63) is 48.4 Å². The molecule has 0 spiro atoms. The first-order valence-corrected chi connectivity index (χ1v) is 7.09. The predicted molar refractivity (Wildman–Crippen MR) is 73.2 cm³/mol. The monoisotopic (exact) mass is 289 g/mol. The van der Waals surface area contributed by atoms with E-state index >= 15 is 0 Å². The molecule has 0 amide bonds. The molecule has 0 fully saturated rings. The van der Waals surface area contributed by atoms with Gasteiger partial charge in [-0.15, -0.1) is 0 Å². The molecule has 0 saturated carbocycles. The Morgan fingerprint density at radius 1 is 1.25 bits per heavy atom. The van der Waals surface area contributed by atoms with Crippen LogP contribution < -0.4 is 4.72 Å². The van der Waals surface area contributed by atoms with Crippen molar-refractivity contribution in [3.8, 4) is 11.8 Å². The van der Waals surface area contributed by atoms with Crippen molar-refractivity contribution in [1.82, 2.24) is 9.97 Å². The SMILES string of the molecule is O=S(=O)(Nc1cnccn1)c1ccccc1C#CCO. The standard InChI is InChI=1S/C13H11N3O3S/c17-9-3-5-11-4-1-2-6-12(11)20(18,19)16-13-10-14-7-8-15-13/h1-2,4,6-8,10,17H,9H2,(H,15,16). The van der Waals surface area contributed by atoms with E-state index in [1.807, 2.05) is 0 Å². The zero-order chi connectivity index (χ0) is 14.4. The maximum atomic E-state index is 12.3. The quantitative estimate of drug-likeness (QED) is 0.808. The van der Waals surface area contributed by atoms with E-state index in [0.717, 1.165) is 0 Å². The van der Waals surface area contributed by atoms with Crippen LogP contribution in [0.1, 0.15) is 5.56 Å². The van der Waals surface area contributed by atoms with Crippen LogP contribution in [-0.2, 0) is 10.0 Å². The van der Waals surface area contributed by atoms with E-state index in [0.29, 0.717) is 5.56 Å². The lowest BCUT2D eigenvalue weighted by atomic mass is 10.2. The number of sulfonamides is 1. The molecule has 0 aliphatic heterocycles. The van der Waals surface area contributed by atoms with Gasteiger partial charge in [0.05, 0.1) is 6.20 Å². The van der Waals surface area contributed by atoms with E-state index in [4.69, 9.17) is 5.11 Å². The number of aliphatic hydroxyl groups is 1. The summed E-state index contributed by atoms with van der Waals surface area (Å²) >= 11 is 0. The number of rotatable bonds is 3. The molecule has 0 aliphatic carbocycles.